The van der Waals surface area contributed by atoms with Gasteiger partial charge in [-0.2, -0.15) is 18.3 Å². The van der Waals surface area contributed by atoms with Crippen molar-refractivity contribution < 1.29 is 13.2 Å². The van der Waals surface area contributed by atoms with Crippen molar-refractivity contribution in [2.75, 3.05) is 13.7 Å². The highest BCUT2D eigenvalue weighted by atomic mass is 19.4. The van der Waals surface area contributed by atoms with Gasteiger partial charge in [0.2, 0.25) is 5.84 Å². The summed E-state index contributed by atoms with van der Waals surface area (Å²) < 4.78 is 35.4. The van der Waals surface area contributed by atoms with E-state index < -0.39 is 12.0 Å². The number of amidine groups is 1. The predicted molar refractivity (Wildman–Crippen MR) is 29.3 cm³/mol. The summed E-state index contributed by atoms with van der Waals surface area (Å²) in [6.07, 6.45) is -4.34. The minimum atomic E-state index is -4.34. The molecule has 1 N–H and O–H groups in total. The Bertz CT molecular complexity index is 162. The van der Waals surface area contributed by atoms with Crippen molar-refractivity contribution in [2.24, 2.45) is 5.10 Å². The van der Waals surface area contributed by atoms with E-state index in [-0.39, 0.29) is 6.67 Å². The highest BCUT2D eigenvalue weighted by Gasteiger charge is 2.40. The topological polar surface area (TPSA) is 27.6 Å². The molecule has 0 saturated carbocycles. The molecule has 0 radical (unpaired) electrons. The largest absolute Gasteiger partial charge is 0.451 e. The first kappa shape index (κ1) is 7.17. The number of hydrogen-bond donors (Lipinski definition) is 1. The molecule has 1 heterocycles. The average molecular weight is 153 g/mol. The molecule has 0 aromatic rings. The van der Waals surface area contributed by atoms with E-state index in [1.54, 1.807) is 0 Å². The highest BCUT2D eigenvalue weighted by molar-refractivity contribution is 5.88. The maximum Gasteiger partial charge on any atom is 0.451 e. The lowest BCUT2D eigenvalue weighted by Gasteiger charge is -2.13. The number of hydrazone groups is 1. The number of alkyl halides is 3. The Morgan fingerprint density at radius 1 is 1.60 bits per heavy atom. The van der Waals surface area contributed by atoms with Gasteiger partial charge in [-0.1, -0.05) is 0 Å². The minimum Gasteiger partial charge on any atom is -0.335 e. The summed E-state index contributed by atoms with van der Waals surface area (Å²) in [7, 11) is 1.33. The summed E-state index contributed by atoms with van der Waals surface area (Å²) in [4.78, 5) is 1.00. The molecule has 0 bridgehead atoms. The molecule has 0 atom stereocenters. The van der Waals surface area contributed by atoms with Gasteiger partial charge in [0.25, 0.3) is 0 Å². The second kappa shape index (κ2) is 2.03. The second-order valence-electron chi connectivity index (χ2n) is 1.95. The van der Waals surface area contributed by atoms with Crippen molar-refractivity contribution in [3.05, 3.63) is 0 Å². The normalized spacial score (nSPS) is 18.8. The van der Waals surface area contributed by atoms with Crippen LogP contribution in [0.15, 0.2) is 5.10 Å². The first-order valence-corrected chi connectivity index (χ1v) is 2.60. The summed E-state index contributed by atoms with van der Waals surface area (Å²) in [5, 5.41) is 3.06. The molecule has 6 heteroatoms. The van der Waals surface area contributed by atoms with Crippen molar-refractivity contribution in [3.63, 3.8) is 0 Å². The first-order valence-electron chi connectivity index (χ1n) is 2.60. The molecule has 0 unspecified atom stereocenters. The molecule has 58 valence electrons. The fourth-order valence-corrected chi connectivity index (χ4v) is 0.656. The molecule has 1 aliphatic heterocycles. The van der Waals surface area contributed by atoms with E-state index in [9.17, 15) is 13.2 Å². The van der Waals surface area contributed by atoms with Crippen LogP contribution >= 0.6 is 0 Å². The van der Waals surface area contributed by atoms with E-state index in [4.69, 9.17) is 0 Å². The molecule has 10 heavy (non-hydrogen) atoms. The Labute approximate surface area is 55.5 Å². The van der Waals surface area contributed by atoms with Crippen LogP contribution in [0.5, 0.6) is 0 Å². The molecule has 0 aromatic heterocycles. The van der Waals surface area contributed by atoms with Crippen LogP contribution in [0.1, 0.15) is 0 Å². The van der Waals surface area contributed by atoms with Gasteiger partial charge in [0, 0.05) is 7.05 Å². The maximum absolute atomic E-state index is 11.8. The maximum atomic E-state index is 11.8. The van der Waals surface area contributed by atoms with E-state index in [1.807, 2.05) is 0 Å². The van der Waals surface area contributed by atoms with Gasteiger partial charge in [0.15, 0.2) is 0 Å². The Morgan fingerprint density at radius 3 is 2.40 bits per heavy atom. The Hall–Kier alpha value is -0.940. The molecule has 3 nitrogen and oxygen atoms in total. The lowest BCUT2D eigenvalue weighted by molar-refractivity contribution is -0.0663. The summed E-state index contributed by atoms with van der Waals surface area (Å²) in [6.45, 7) is 0.120. The van der Waals surface area contributed by atoms with Gasteiger partial charge >= 0.3 is 6.18 Å². The van der Waals surface area contributed by atoms with Gasteiger partial charge in [0.1, 0.15) is 6.67 Å². The van der Waals surface area contributed by atoms with Crippen LogP contribution in [0, 0.1) is 0 Å². The van der Waals surface area contributed by atoms with Crippen LogP contribution < -0.4 is 5.43 Å². The molecular weight excluding hydrogens is 147 g/mol. The van der Waals surface area contributed by atoms with Crippen molar-refractivity contribution in [2.45, 2.75) is 6.18 Å². The zero-order valence-electron chi connectivity index (χ0n) is 5.24. The van der Waals surface area contributed by atoms with E-state index in [0.29, 0.717) is 0 Å². The first-order chi connectivity index (χ1) is 4.52. The van der Waals surface area contributed by atoms with Crippen LogP contribution in [0.25, 0.3) is 0 Å². The van der Waals surface area contributed by atoms with Crippen molar-refractivity contribution in [3.8, 4) is 0 Å². The van der Waals surface area contributed by atoms with Crippen LogP contribution in [-0.2, 0) is 0 Å². The highest BCUT2D eigenvalue weighted by Crippen LogP contribution is 2.19. The summed E-state index contributed by atoms with van der Waals surface area (Å²) in [6, 6.07) is 0. The van der Waals surface area contributed by atoms with Crippen molar-refractivity contribution in [1.82, 2.24) is 10.3 Å². The lowest BCUT2D eigenvalue weighted by Crippen LogP contribution is -2.35. The SMILES string of the molecule is CN1CNN=C1C(F)(F)F. The second-order valence-corrected chi connectivity index (χ2v) is 1.95. The van der Waals surface area contributed by atoms with Gasteiger partial charge in [-0.15, -0.1) is 0 Å². The number of halogens is 3. The third-order valence-corrected chi connectivity index (χ3v) is 1.11. The van der Waals surface area contributed by atoms with Crippen molar-refractivity contribution in [1.29, 1.82) is 0 Å². The zero-order chi connectivity index (χ0) is 7.78. The lowest BCUT2D eigenvalue weighted by atomic mass is 10.5. The standard InChI is InChI=1S/C4H6F3N3/c1-10-2-8-9-3(10)4(5,6)7/h8H,2H2,1H3. The molecule has 0 fully saturated rings. The van der Waals surface area contributed by atoms with Crippen molar-refractivity contribution >= 4 is 5.84 Å². The monoisotopic (exact) mass is 153 g/mol. The quantitative estimate of drug-likeness (QED) is 0.544. The van der Waals surface area contributed by atoms with Crippen LogP contribution in [-0.4, -0.2) is 30.6 Å². The Morgan fingerprint density at radius 2 is 2.20 bits per heavy atom. The van der Waals surface area contributed by atoms with Gasteiger partial charge in [-0.05, 0) is 0 Å². The Balaban J connectivity index is 2.72. The fourth-order valence-electron chi connectivity index (χ4n) is 0.656. The summed E-state index contributed by atoms with van der Waals surface area (Å²) in [5.74, 6) is -0.868. The fraction of sp³-hybridized carbons (Fsp3) is 0.750. The van der Waals surface area contributed by atoms with Crippen LogP contribution in [0.2, 0.25) is 0 Å². The van der Waals surface area contributed by atoms with E-state index in [2.05, 4.69) is 10.5 Å². The van der Waals surface area contributed by atoms with Gasteiger partial charge < -0.3 is 4.90 Å². The number of nitrogens with one attached hydrogen (secondary N) is 1. The smallest absolute Gasteiger partial charge is 0.335 e. The van der Waals surface area contributed by atoms with E-state index >= 15 is 0 Å². The average Bonchev–Trinajstić information content (AvgIpc) is 2.11. The molecule has 0 aliphatic carbocycles. The van der Waals surface area contributed by atoms with Gasteiger partial charge in [-0.3, -0.25) is 5.43 Å². The third kappa shape index (κ3) is 1.14. The van der Waals surface area contributed by atoms with E-state index in [0.717, 1.165) is 4.90 Å². The molecule has 0 saturated heterocycles. The number of rotatable bonds is 0. The van der Waals surface area contributed by atoms with Crippen LogP contribution in [0.4, 0.5) is 13.2 Å². The van der Waals surface area contributed by atoms with Gasteiger partial charge in [0.05, 0.1) is 0 Å². The summed E-state index contributed by atoms with van der Waals surface area (Å²) >= 11 is 0. The number of nitrogens with zero attached hydrogens (tertiary/aromatic N) is 2. The van der Waals surface area contributed by atoms with Crippen LogP contribution in [0.3, 0.4) is 0 Å². The molecular formula is C4H6F3N3. The number of hydrogen-bond acceptors (Lipinski definition) is 3. The summed E-state index contributed by atoms with van der Waals surface area (Å²) in [5.41, 5.74) is 2.22. The molecule has 0 amide bonds. The Kier molecular flexibility index (Phi) is 1.46. The third-order valence-electron chi connectivity index (χ3n) is 1.11. The molecule has 0 spiro atoms. The molecule has 1 rings (SSSR count). The predicted octanol–water partition coefficient (Wildman–Crippen LogP) is 0.355. The van der Waals surface area contributed by atoms with E-state index in [1.165, 1.54) is 7.05 Å². The van der Waals surface area contributed by atoms with Gasteiger partial charge in [-0.25, -0.2) is 0 Å². The zero-order valence-corrected chi connectivity index (χ0v) is 5.24. The molecule has 1 aliphatic rings. The minimum absolute atomic E-state index is 0.120. The molecule has 0 aromatic carbocycles.